The number of carbonyl (C=O) groups excluding carboxylic acids is 1. The van der Waals surface area contributed by atoms with Gasteiger partial charge in [-0.05, 0) is 12.1 Å². The van der Waals surface area contributed by atoms with E-state index in [1.807, 2.05) is 0 Å². The first-order chi connectivity index (χ1) is 8.52. The molecule has 0 spiro atoms. The van der Waals surface area contributed by atoms with Crippen LogP contribution >= 0.6 is 0 Å². The van der Waals surface area contributed by atoms with E-state index >= 15 is 0 Å². The third kappa shape index (κ3) is 4.38. The molecule has 0 aliphatic heterocycles. The second-order valence-corrected chi connectivity index (χ2v) is 3.63. The molecule has 0 aromatic carbocycles. The van der Waals surface area contributed by atoms with Crippen LogP contribution in [-0.2, 0) is 20.7 Å². The second kappa shape index (κ2) is 6.55. The zero-order chi connectivity index (χ0) is 13.5. The number of hydrogen-bond donors (Lipinski definition) is 3. The predicted octanol–water partition coefficient (Wildman–Crippen LogP) is -0.578. The molecule has 1 atom stereocenters. The van der Waals surface area contributed by atoms with Crippen molar-refractivity contribution in [2.45, 2.75) is 12.5 Å². The van der Waals surface area contributed by atoms with Crippen LogP contribution in [-0.4, -0.2) is 41.7 Å². The summed E-state index contributed by atoms with van der Waals surface area (Å²) in [6.45, 7) is -0.0837. The highest BCUT2D eigenvalue weighted by Gasteiger charge is 2.17. The van der Waals surface area contributed by atoms with Crippen molar-refractivity contribution < 1.29 is 19.4 Å². The van der Waals surface area contributed by atoms with Gasteiger partial charge in [0.15, 0.2) is 6.10 Å². The van der Waals surface area contributed by atoms with E-state index in [4.69, 9.17) is 10.8 Å². The molecule has 1 aromatic heterocycles. The Hall–Kier alpha value is -2.15. The number of aromatic nitrogens is 1. The first-order valence-corrected chi connectivity index (χ1v) is 5.25. The minimum Gasteiger partial charge on any atom is -0.479 e. The Kier molecular flexibility index (Phi) is 5.06. The van der Waals surface area contributed by atoms with Gasteiger partial charge < -0.3 is 20.9 Å². The minimum absolute atomic E-state index is 0.0658. The second-order valence-electron chi connectivity index (χ2n) is 3.63. The van der Waals surface area contributed by atoms with E-state index in [0.717, 1.165) is 0 Å². The number of nitrogens with one attached hydrogen (secondary N) is 1. The normalized spacial score (nSPS) is 11.8. The third-order valence-electron chi connectivity index (χ3n) is 2.23. The van der Waals surface area contributed by atoms with Gasteiger partial charge in [0.05, 0.1) is 24.8 Å². The fourth-order valence-corrected chi connectivity index (χ4v) is 1.25. The number of carboxylic acids is 1. The van der Waals surface area contributed by atoms with Crippen molar-refractivity contribution >= 4 is 17.6 Å². The smallest absolute Gasteiger partial charge is 0.334 e. The molecule has 0 aliphatic carbocycles. The van der Waals surface area contributed by atoms with Gasteiger partial charge >= 0.3 is 5.97 Å². The zero-order valence-electron chi connectivity index (χ0n) is 9.92. The molecule has 0 saturated heterocycles. The molecule has 18 heavy (non-hydrogen) atoms. The maximum Gasteiger partial charge on any atom is 0.334 e. The van der Waals surface area contributed by atoms with Gasteiger partial charge in [0.25, 0.3) is 0 Å². The third-order valence-corrected chi connectivity index (χ3v) is 2.23. The van der Waals surface area contributed by atoms with Crippen LogP contribution in [0.3, 0.4) is 0 Å². The minimum atomic E-state index is -1.12. The molecule has 98 valence electrons. The van der Waals surface area contributed by atoms with Crippen molar-refractivity contribution in [2.75, 3.05) is 19.4 Å². The lowest BCUT2D eigenvalue weighted by atomic mass is 10.2. The van der Waals surface area contributed by atoms with Crippen LogP contribution in [0.1, 0.15) is 5.69 Å². The van der Waals surface area contributed by atoms with Crippen LogP contribution < -0.4 is 11.1 Å². The van der Waals surface area contributed by atoms with Crippen LogP contribution in [0, 0.1) is 0 Å². The molecule has 0 aliphatic rings. The average Bonchev–Trinajstić information content (AvgIpc) is 2.32. The van der Waals surface area contributed by atoms with E-state index < -0.39 is 12.1 Å². The molecule has 7 heteroatoms. The summed E-state index contributed by atoms with van der Waals surface area (Å²) in [5, 5.41) is 11.2. The van der Waals surface area contributed by atoms with Gasteiger partial charge in [-0.25, -0.2) is 4.79 Å². The fourth-order valence-electron chi connectivity index (χ4n) is 1.25. The topological polar surface area (TPSA) is 115 Å². The number of nitrogens with zero attached hydrogens (tertiary/aromatic N) is 1. The molecule has 0 fully saturated rings. The van der Waals surface area contributed by atoms with Crippen LogP contribution in [0.2, 0.25) is 0 Å². The number of anilines is 1. The van der Waals surface area contributed by atoms with Crippen molar-refractivity contribution in [2.24, 2.45) is 0 Å². The van der Waals surface area contributed by atoms with Gasteiger partial charge in [0.1, 0.15) is 0 Å². The van der Waals surface area contributed by atoms with Crippen molar-refractivity contribution in [1.82, 2.24) is 10.3 Å². The van der Waals surface area contributed by atoms with Crippen molar-refractivity contribution in [3.63, 3.8) is 0 Å². The number of pyridine rings is 1. The van der Waals surface area contributed by atoms with Gasteiger partial charge in [-0.15, -0.1) is 0 Å². The van der Waals surface area contributed by atoms with Crippen LogP contribution in [0.15, 0.2) is 18.3 Å². The Morgan fingerprint density at radius 1 is 1.56 bits per heavy atom. The maximum atomic E-state index is 11.5. The Morgan fingerprint density at radius 3 is 2.78 bits per heavy atom. The molecule has 4 N–H and O–H groups in total. The SMILES string of the molecule is COC(CNC(=O)Cc1ccc(N)cn1)C(=O)O. The molecule has 1 rings (SSSR count). The lowest BCUT2D eigenvalue weighted by molar-refractivity contribution is -0.148. The lowest BCUT2D eigenvalue weighted by Gasteiger charge is -2.11. The summed E-state index contributed by atoms with van der Waals surface area (Å²) in [7, 11) is 1.27. The summed E-state index contributed by atoms with van der Waals surface area (Å²) in [4.78, 5) is 26.1. The van der Waals surface area contributed by atoms with Gasteiger partial charge in [-0.2, -0.15) is 0 Å². The van der Waals surface area contributed by atoms with Gasteiger partial charge in [-0.3, -0.25) is 9.78 Å². The molecule has 1 unspecified atom stereocenters. The first kappa shape index (κ1) is 13.9. The number of aliphatic carboxylic acids is 1. The van der Waals surface area contributed by atoms with Crippen LogP contribution in [0.25, 0.3) is 0 Å². The number of carbonyl (C=O) groups is 2. The van der Waals surface area contributed by atoms with Crippen LogP contribution in [0.4, 0.5) is 5.69 Å². The van der Waals surface area contributed by atoms with E-state index in [1.165, 1.54) is 13.3 Å². The maximum absolute atomic E-state index is 11.5. The van der Waals surface area contributed by atoms with E-state index in [-0.39, 0.29) is 18.9 Å². The average molecular weight is 253 g/mol. The Bertz CT molecular complexity index is 419. The summed E-state index contributed by atoms with van der Waals surface area (Å²) in [5.74, 6) is -1.45. The van der Waals surface area contributed by atoms with E-state index in [2.05, 4.69) is 15.0 Å². The number of carboxylic acid groups (broad SMARTS) is 1. The fraction of sp³-hybridized carbons (Fsp3) is 0.364. The Balaban J connectivity index is 2.42. The Labute approximate surface area is 104 Å². The number of ether oxygens (including phenoxy) is 1. The molecule has 0 bridgehead atoms. The molecule has 0 saturated carbocycles. The number of rotatable bonds is 6. The van der Waals surface area contributed by atoms with Crippen molar-refractivity contribution in [1.29, 1.82) is 0 Å². The summed E-state index contributed by atoms with van der Waals surface area (Å²) < 4.78 is 4.68. The summed E-state index contributed by atoms with van der Waals surface area (Å²) in [5.41, 5.74) is 6.54. The van der Waals surface area contributed by atoms with Crippen LogP contribution in [0.5, 0.6) is 0 Å². The van der Waals surface area contributed by atoms with Crippen molar-refractivity contribution in [3.05, 3.63) is 24.0 Å². The highest BCUT2D eigenvalue weighted by Crippen LogP contribution is 2.01. The number of nitrogen functional groups attached to an aromatic ring is 1. The van der Waals surface area contributed by atoms with Gasteiger partial charge in [-0.1, -0.05) is 0 Å². The largest absolute Gasteiger partial charge is 0.479 e. The first-order valence-electron chi connectivity index (χ1n) is 5.25. The highest BCUT2D eigenvalue weighted by atomic mass is 16.5. The quantitative estimate of drug-likeness (QED) is 0.625. The predicted molar refractivity (Wildman–Crippen MR) is 63.8 cm³/mol. The van der Waals surface area contributed by atoms with E-state index in [0.29, 0.717) is 11.4 Å². The van der Waals surface area contributed by atoms with Crippen molar-refractivity contribution in [3.8, 4) is 0 Å². The Morgan fingerprint density at radius 2 is 2.28 bits per heavy atom. The molecule has 0 radical (unpaired) electrons. The standard InChI is InChI=1S/C11H15N3O4/c1-18-9(11(16)17)6-14-10(15)4-8-3-2-7(12)5-13-8/h2-3,5,9H,4,6,12H2,1H3,(H,14,15)(H,16,17). The number of methoxy groups -OCH3 is 1. The zero-order valence-corrected chi connectivity index (χ0v) is 9.92. The number of hydrogen-bond acceptors (Lipinski definition) is 5. The molecule has 1 amide bonds. The summed E-state index contributed by atoms with van der Waals surface area (Å²) in [6, 6.07) is 3.28. The van der Waals surface area contributed by atoms with Gasteiger partial charge in [0, 0.05) is 12.8 Å². The number of amides is 1. The molecule has 1 aromatic rings. The van der Waals surface area contributed by atoms with E-state index in [9.17, 15) is 9.59 Å². The molecular weight excluding hydrogens is 238 g/mol. The monoisotopic (exact) mass is 253 g/mol. The summed E-state index contributed by atoms with van der Waals surface area (Å²) >= 11 is 0. The van der Waals surface area contributed by atoms with Gasteiger partial charge in [0.2, 0.25) is 5.91 Å². The summed E-state index contributed by atoms with van der Waals surface area (Å²) in [6.07, 6.45) is 0.474. The van der Waals surface area contributed by atoms with E-state index in [1.54, 1.807) is 12.1 Å². The molecular formula is C11H15N3O4. The highest BCUT2D eigenvalue weighted by molar-refractivity contribution is 5.79. The number of nitrogens with two attached hydrogens (primary N) is 1. The molecule has 7 nitrogen and oxygen atoms in total. The lowest BCUT2D eigenvalue weighted by Crippen LogP contribution is -2.38. The molecule has 1 heterocycles.